The second kappa shape index (κ2) is 9.07. The van der Waals surface area contributed by atoms with Crippen molar-refractivity contribution in [2.75, 3.05) is 14.2 Å². The Balaban J connectivity index is 2.48. The zero-order valence-corrected chi connectivity index (χ0v) is 13.5. The molecule has 0 radical (unpaired) electrons. The number of carboxylic acid groups (broad SMARTS) is 1. The summed E-state index contributed by atoms with van der Waals surface area (Å²) in [6, 6.07) is 7.85. The average molecular weight is 307 g/mol. The van der Waals surface area contributed by atoms with Crippen molar-refractivity contribution in [3.05, 3.63) is 29.8 Å². The number of ether oxygens (including phenoxy) is 1. The quantitative estimate of drug-likeness (QED) is 0.712. The molecule has 0 spiro atoms. The minimum absolute atomic E-state index is 0.0489. The van der Waals surface area contributed by atoms with E-state index in [4.69, 9.17) is 9.84 Å². The van der Waals surface area contributed by atoms with E-state index in [1.807, 2.05) is 31.2 Å². The third-order valence-electron chi connectivity index (χ3n) is 3.79. The summed E-state index contributed by atoms with van der Waals surface area (Å²) in [5, 5.41) is 8.58. The van der Waals surface area contributed by atoms with Gasteiger partial charge in [-0.2, -0.15) is 0 Å². The number of unbranched alkanes of at least 4 members (excludes halogenated alkanes) is 1. The maximum absolute atomic E-state index is 12.1. The normalized spacial score (nSPS) is 11.8. The van der Waals surface area contributed by atoms with Gasteiger partial charge in [-0.25, -0.2) is 0 Å². The number of aliphatic carboxylic acids is 1. The molecule has 0 saturated carbocycles. The fraction of sp³-hybridized carbons (Fsp3) is 0.529. The second-order valence-electron chi connectivity index (χ2n) is 5.47. The Morgan fingerprint density at radius 3 is 2.50 bits per heavy atom. The summed E-state index contributed by atoms with van der Waals surface area (Å²) in [4.78, 5) is 24.3. The Morgan fingerprint density at radius 1 is 1.23 bits per heavy atom. The maximum Gasteiger partial charge on any atom is 0.303 e. The predicted molar refractivity (Wildman–Crippen MR) is 85.0 cm³/mol. The first-order chi connectivity index (χ1) is 10.5. The lowest BCUT2D eigenvalue weighted by atomic mass is 10.0. The van der Waals surface area contributed by atoms with Gasteiger partial charge in [0.05, 0.1) is 7.11 Å². The Labute approximate surface area is 131 Å². The van der Waals surface area contributed by atoms with Crippen LogP contribution in [0.4, 0.5) is 0 Å². The number of carbonyl (C=O) groups is 2. The fourth-order valence-electron chi connectivity index (χ4n) is 2.30. The number of amides is 1. The van der Waals surface area contributed by atoms with E-state index in [0.29, 0.717) is 19.3 Å². The van der Waals surface area contributed by atoms with Crippen LogP contribution in [0.1, 0.15) is 38.2 Å². The van der Waals surface area contributed by atoms with E-state index in [2.05, 4.69) is 0 Å². The number of carboxylic acids is 1. The van der Waals surface area contributed by atoms with E-state index in [1.54, 1.807) is 19.1 Å². The number of methoxy groups -OCH3 is 1. The highest BCUT2D eigenvalue weighted by Gasteiger charge is 2.17. The first-order valence-corrected chi connectivity index (χ1v) is 7.55. The van der Waals surface area contributed by atoms with E-state index in [-0.39, 0.29) is 18.4 Å². The molecule has 5 nitrogen and oxygen atoms in total. The van der Waals surface area contributed by atoms with E-state index in [0.717, 1.165) is 17.7 Å². The van der Waals surface area contributed by atoms with Crippen LogP contribution in [0.15, 0.2) is 24.3 Å². The average Bonchev–Trinajstić information content (AvgIpc) is 2.50. The van der Waals surface area contributed by atoms with Gasteiger partial charge >= 0.3 is 5.97 Å². The molecule has 1 unspecified atom stereocenters. The molecule has 0 aliphatic carbocycles. The zero-order valence-electron chi connectivity index (χ0n) is 13.5. The third kappa shape index (κ3) is 5.76. The number of hydrogen-bond acceptors (Lipinski definition) is 3. The van der Waals surface area contributed by atoms with Crippen molar-refractivity contribution in [2.24, 2.45) is 0 Å². The van der Waals surface area contributed by atoms with E-state index >= 15 is 0 Å². The van der Waals surface area contributed by atoms with Gasteiger partial charge in [0, 0.05) is 25.9 Å². The lowest BCUT2D eigenvalue weighted by Crippen LogP contribution is -2.36. The summed E-state index contributed by atoms with van der Waals surface area (Å²) in [5.74, 6) is 0.0646. The minimum atomic E-state index is -0.814. The van der Waals surface area contributed by atoms with Gasteiger partial charge in [0.15, 0.2) is 0 Å². The highest BCUT2D eigenvalue weighted by atomic mass is 16.5. The van der Waals surface area contributed by atoms with Crippen LogP contribution in [0.2, 0.25) is 0 Å². The number of para-hydroxylation sites is 1. The maximum atomic E-state index is 12.1. The van der Waals surface area contributed by atoms with Crippen molar-refractivity contribution < 1.29 is 19.4 Å². The molecule has 0 heterocycles. The molecule has 0 aliphatic heterocycles. The largest absolute Gasteiger partial charge is 0.496 e. The molecule has 1 N–H and O–H groups in total. The fourth-order valence-corrected chi connectivity index (χ4v) is 2.30. The second-order valence-corrected chi connectivity index (χ2v) is 5.47. The molecular weight excluding hydrogens is 282 g/mol. The number of rotatable bonds is 9. The first-order valence-electron chi connectivity index (χ1n) is 7.55. The highest BCUT2D eigenvalue weighted by Crippen LogP contribution is 2.20. The lowest BCUT2D eigenvalue weighted by molar-refractivity contribution is -0.137. The smallest absolute Gasteiger partial charge is 0.303 e. The van der Waals surface area contributed by atoms with Crippen LogP contribution < -0.4 is 4.74 Å². The van der Waals surface area contributed by atoms with Crippen molar-refractivity contribution in [3.63, 3.8) is 0 Å². The molecule has 0 aromatic heterocycles. The Kier molecular flexibility index (Phi) is 7.43. The molecule has 1 atom stereocenters. The highest BCUT2D eigenvalue weighted by molar-refractivity contribution is 5.76. The molecule has 0 bridgehead atoms. The Bertz CT molecular complexity index is 501. The molecule has 1 amide bonds. The molecular formula is C17H25NO4. The van der Waals surface area contributed by atoms with Crippen molar-refractivity contribution in [2.45, 2.75) is 45.1 Å². The molecule has 5 heteroatoms. The number of nitrogens with zero attached hydrogens (tertiary/aromatic N) is 1. The van der Waals surface area contributed by atoms with Crippen LogP contribution >= 0.6 is 0 Å². The molecule has 1 rings (SSSR count). The molecule has 1 aromatic rings. The van der Waals surface area contributed by atoms with Crippen LogP contribution in [-0.2, 0) is 16.0 Å². The van der Waals surface area contributed by atoms with Gasteiger partial charge in [-0.3, -0.25) is 9.59 Å². The van der Waals surface area contributed by atoms with Crippen LogP contribution in [-0.4, -0.2) is 42.1 Å². The number of carbonyl (C=O) groups excluding carboxylic acids is 1. The van der Waals surface area contributed by atoms with Crippen molar-refractivity contribution in [1.29, 1.82) is 0 Å². The van der Waals surface area contributed by atoms with Gasteiger partial charge in [-0.05, 0) is 37.8 Å². The summed E-state index contributed by atoms with van der Waals surface area (Å²) in [6.45, 7) is 2.00. The van der Waals surface area contributed by atoms with Gasteiger partial charge in [-0.15, -0.1) is 0 Å². The van der Waals surface area contributed by atoms with E-state index < -0.39 is 5.97 Å². The van der Waals surface area contributed by atoms with Crippen LogP contribution in [0.25, 0.3) is 0 Å². The summed E-state index contributed by atoms with van der Waals surface area (Å²) in [7, 11) is 3.43. The van der Waals surface area contributed by atoms with Gasteiger partial charge in [0.2, 0.25) is 5.91 Å². The van der Waals surface area contributed by atoms with Crippen molar-refractivity contribution in [3.8, 4) is 5.75 Å². The van der Waals surface area contributed by atoms with E-state index in [1.165, 1.54) is 0 Å². The van der Waals surface area contributed by atoms with Crippen LogP contribution in [0.3, 0.4) is 0 Å². The minimum Gasteiger partial charge on any atom is -0.496 e. The monoisotopic (exact) mass is 307 g/mol. The summed E-state index contributed by atoms with van der Waals surface area (Å²) in [6.07, 6.45) is 2.38. The van der Waals surface area contributed by atoms with Gasteiger partial charge in [0.25, 0.3) is 0 Å². The number of hydrogen-bond donors (Lipinski definition) is 1. The van der Waals surface area contributed by atoms with Gasteiger partial charge < -0.3 is 14.7 Å². The van der Waals surface area contributed by atoms with Gasteiger partial charge in [0.1, 0.15) is 5.75 Å². The van der Waals surface area contributed by atoms with Crippen LogP contribution in [0, 0.1) is 0 Å². The molecule has 122 valence electrons. The molecule has 0 saturated heterocycles. The summed E-state index contributed by atoms with van der Waals surface area (Å²) >= 11 is 0. The molecule has 1 aromatic carbocycles. The Morgan fingerprint density at radius 2 is 1.86 bits per heavy atom. The number of likely N-dealkylation sites (N-methyl/N-ethyl adjacent to an activating group) is 1. The SMILES string of the molecule is COc1ccccc1CC(C)N(C)C(=O)CCCCC(=O)O. The Hall–Kier alpha value is -2.04. The van der Waals surface area contributed by atoms with Crippen LogP contribution in [0.5, 0.6) is 5.75 Å². The topological polar surface area (TPSA) is 66.8 Å². The third-order valence-corrected chi connectivity index (χ3v) is 3.79. The lowest BCUT2D eigenvalue weighted by Gasteiger charge is -2.25. The van der Waals surface area contributed by atoms with E-state index in [9.17, 15) is 9.59 Å². The summed E-state index contributed by atoms with van der Waals surface area (Å²) in [5.41, 5.74) is 1.07. The van der Waals surface area contributed by atoms with Gasteiger partial charge in [-0.1, -0.05) is 18.2 Å². The molecule has 0 fully saturated rings. The molecule has 22 heavy (non-hydrogen) atoms. The number of benzene rings is 1. The summed E-state index contributed by atoms with van der Waals surface area (Å²) < 4.78 is 5.33. The predicted octanol–water partition coefficient (Wildman–Crippen LogP) is 2.73. The zero-order chi connectivity index (χ0) is 16.5. The van der Waals surface area contributed by atoms with Crippen molar-refractivity contribution >= 4 is 11.9 Å². The molecule has 0 aliphatic rings. The first kappa shape index (κ1) is 18.0. The van der Waals surface area contributed by atoms with Crippen molar-refractivity contribution in [1.82, 2.24) is 4.90 Å². The standard InChI is InChI=1S/C17H25NO4/c1-13(12-14-8-4-5-9-15(14)22-3)18(2)16(19)10-6-7-11-17(20)21/h4-5,8-9,13H,6-7,10-12H2,1-3H3,(H,20,21).